The van der Waals surface area contributed by atoms with Gasteiger partial charge in [-0.15, -0.1) is 0 Å². The number of hydrogen-bond donors (Lipinski definition) is 2. The maximum atomic E-state index is 13.4. The molecule has 1 rings (SSSR count). The van der Waals surface area contributed by atoms with Crippen LogP contribution in [0.1, 0.15) is 12.0 Å². The molecule has 0 saturated carbocycles. The fourth-order valence-corrected chi connectivity index (χ4v) is 1.23. The normalized spacial score (nSPS) is 10.1. The molecule has 16 heavy (non-hydrogen) atoms. The van der Waals surface area contributed by atoms with Gasteiger partial charge in [0.25, 0.3) is 0 Å². The summed E-state index contributed by atoms with van der Waals surface area (Å²) in [6, 6.07) is 4.66. The van der Waals surface area contributed by atoms with E-state index in [9.17, 15) is 9.18 Å². The Hall–Kier alpha value is -1.62. The van der Waals surface area contributed by atoms with Gasteiger partial charge < -0.3 is 15.8 Å². The molecule has 1 amide bonds. The molecule has 1 aromatic carbocycles. The van der Waals surface area contributed by atoms with Gasteiger partial charge >= 0.3 is 0 Å². The predicted molar refractivity (Wildman–Crippen MR) is 58.5 cm³/mol. The fraction of sp³-hybridized carbons (Fsp3) is 0.364. The zero-order valence-electron chi connectivity index (χ0n) is 9.13. The smallest absolute Gasteiger partial charge is 0.218 e. The van der Waals surface area contributed by atoms with E-state index in [0.29, 0.717) is 24.4 Å². The topological polar surface area (TPSA) is 64.3 Å². The molecule has 0 fully saturated rings. The maximum absolute atomic E-state index is 13.4. The number of nitrogens with one attached hydrogen (secondary N) is 1. The van der Waals surface area contributed by atoms with Crippen molar-refractivity contribution < 1.29 is 13.9 Å². The Kier molecular flexibility index (Phi) is 4.72. The first-order chi connectivity index (χ1) is 7.63. The van der Waals surface area contributed by atoms with Crippen LogP contribution in [0.4, 0.5) is 4.39 Å². The zero-order chi connectivity index (χ0) is 12.0. The van der Waals surface area contributed by atoms with Crippen molar-refractivity contribution in [1.82, 2.24) is 5.32 Å². The quantitative estimate of drug-likeness (QED) is 0.705. The van der Waals surface area contributed by atoms with E-state index < -0.39 is 0 Å². The van der Waals surface area contributed by atoms with E-state index in [-0.39, 0.29) is 18.1 Å². The van der Waals surface area contributed by atoms with Gasteiger partial charge in [0, 0.05) is 31.1 Å². The number of methoxy groups -OCH3 is 1. The summed E-state index contributed by atoms with van der Waals surface area (Å²) in [5, 5.41) is 2.93. The average molecular weight is 226 g/mol. The van der Waals surface area contributed by atoms with Gasteiger partial charge in [0.1, 0.15) is 11.6 Å². The van der Waals surface area contributed by atoms with Crippen LogP contribution in [-0.2, 0) is 11.3 Å². The van der Waals surface area contributed by atoms with Gasteiger partial charge in [-0.05, 0) is 6.07 Å². The lowest BCUT2D eigenvalue weighted by Gasteiger charge is -2.06. The van der Waals surface area contributed by atoms with Gasteiger partial charge in [-0.25, -0.2) is 4.39 Å². The largest absolute Gasteiger partial charge is 0.497 e. The van der Waals surface area contributed by atoms with E-state index in [1.165, 1.54) is 13.2 Å². The van der Waals surface area contributed by atoms with Crippen LogP contribution in [0.25, 0.3) is 0 Å². The Morgan fingerprint density at radius 2 is 2.31 bits per heavy atom. The standard InChI is InChI=1S/C11H15FN2O2/c1-16-9-3-2-8(10(12)6-9)7-14-5-4-11(13)15/h2-3,6,14H,4-5,7H2,1H3,(H2,13,15). The van der Waals surface area contributed by atoms with Gasteiger partial charge in [0.05, 0.1) is 7.11 Å². The number of nitrogens with two attached hydrogens (primary N) is 1. The summed E-state index contributed by atoms with van der Waals surface area (Å²) < 4.78 is 18.3. The third-order valence-electron chi connectivity index (χ3n) is 2.12. The van der Waals surface area contributed by atoms with Crippen molar-refractivity contribution in [3.8, 4) is 5.75 Å². The maximum Gasteiger partial charge on any atom is 0.218 e. The van der Waals surface area contributed by atoms with Gasteiger partial charge in [0.2, 0.25) is 5.91 Å². The van der Waals surface area contributed by atoms with Gasteiger partial charge in [-0.2, -0.15) is 0 Å². The molecule has 0 heterocycles. The van der Waals surface area contributed by atoms with E-state index >= 15 is 0 Å². The molecule has 0 aliphatic rings. The molecule has 88 valence electrons. The Bertz CT molecular complexity index is 369. The summed E-state index contributed by atoms with van der Waals surface area (Å²) in [6.07, 6.45) is 0.248. The van der Waals surface area contributed by atoms with Crippen molar-refractivity contribution in [3.05, 3.63) is 29.6 Å². The van der Waals surface area contributed by atoms with Crippen LogP contribution in [-0.4, -0.2) is 19.6 Å². The molecule has 0 aromatic heterocycles. The summed E-state index contributed by atoms with van der Waals surface area (Å²) in [5.74, 6) is -0.216. The predicted octanol–water partition coefficient (Wildman–Crippen LogP) is 0.799. The second kappa shape index (κ2) is 6.07. The highest BCUT2D eigenvalue weighted by atomic mass is 19.1. The minimum Gasteiger partial charge on any atom is -0.497 e. The molecule has 0 spiro atoms. The molecular weight excluding hydrogens is 211 g/mol. The Morgan fingerprint density at radius 3 is 2.88 bits per heavy atom. The number of benzene rings is 1. The highest BCUT2D eigenvalue weighted by molar-refractivity contribution is 5.73. The lowest BCUT2D eigenvalue weighted by molar-refractivity contribution is -0.117. The lowest BCUT2D eigenvalue weighted by Crippen LogP contribution is -2.22. The third kappa shape index (κ3) is 3.86. The van der Waals surface area contributed by atoms with Crippen molar-refractivity contribution in [3.63, 3.8) is 0 Å². The molecule has 3 N–H and O–H groups in total. The van der Waals surface area contributed by atoms with Gasteiger partial charge in [0.15, 0.2) is 0 Å². The first-order valence-corrected chi connectivity index (χ1v) is 4.95. The Morgan fingerprint density at radius 1 is 1.56 bits per heavy atom. The lowest BCUT2D eigenvalue weighted by atomic mass is 10.2. The number of halogens is 1. The number of rotatable bonds is 6. The molecule has 0 aliphatic carbocycles. The highest BCUT2D eigenvalue weighted by Gasteiger charge is 2.03. The minimum absolute atomic E-state index is 0.248. The summed E-state index contributed by atoms with van der Waals surface area (Å²) in [5.41, 5.74) is 5.50. The number of amides is 1. The molecule has 0 atom stereocenters. The van der Waals surface area contributed by atoms with Crippen LogP contribution in [0.15, 0.2) is 18.2 Å². The first kappa shape index (κ1) is 12.4. The highest BCUT2D eigenvalue weighted by Crippen LogP contribution is 2.15. The summed E-state index contributed by atoms with van der Waals surface area (Å²) in [4.78, 5) is 10.5. The molecular formula is C11H15FN2O2. The molecule has 0 unspecified atom stereocenters. The van der Waals surface area contributed by atoms with Crippen molar-refractivity contribution >= 4 is 5.91 Å². The van der Waals surface area contributed by atoms with E-state index in [1.807, 2.05) is 0 Å². The molecule has 0 bridgehead atoms. The van der Waals surface area contributed by atoms with Crippen molar-refractivity contribution in [2.24, 2.45) is 5.73 Å². The number of ether oxygens (including phenoxy) is 1. The van der Waals surface area contributed by atoms with Crippen LogP contribution in [0, 0.1) is 5.82 Å². The van der Waals surface area contributed by atoms with Gasteiger partial charge in [-0.1, -0.05) is 6.07 Å². The van der Waals surface area contributed by atoms with Crippen molar-refractivity contribution in [2.75, 3.05) is 13.7 Å². The van der Waals surface area contributed by atoms with Crippen LogP contribution < -0.4 is 15.8 Å². The van der Waals surface area contributed by atoms with Crippen LogP contribution in [0.5, 0.6) is 5.75 Å². The first-order valence-electron chi connectivity index (χ1n) is 4.95. The summed E-state index contributed by atoms with van der Waals surface area (Å²) in [7, 11) is 1.49. The van der Waals surface area contributed by atoms with Gasteiger partial charge in [-0.3, -0.25) is 4.79 Å². The monoisotopic (exact) mass is 226 g/mol. The Labute approximate surface area is 93.6 Å². The van der Waals surface area contributed by atoms with E-state index in [4.69, 9.17) is 10.5 Å². The molecule has 0 aliphatic heterocycles. The molecule has 0 radical (unpaired) electrons. The van der Waals surface area contributed by atoms with Crippen molar-refractivity contribution in [2.45, 2.75) is 13.0 Å². The van der Waals surface area contributed by atoms with Crippen LogP contribution in [0.3, 0.4) is 0 Å². The molecule has 1 aromatic rings. The van der Waals surface area contributed by atoms with E-state index in [0.717, 1.165) is 0 Å². The minimum atomic E-state index is -0.372. The van der Waals surface area contributed by atoms with E-state index in [2.05, 4.69) is 5.32 Å². The second-order valence-corrected chi connectivity index (χ2v) is 3.35. The van der Waals surface area contributed by atoms with Crippen LogP contribution in [0.2, 0.25) is 0 Å². The van der Waals surface area contributed by atoms with E-state index in [1.54, 1.807) is 12.1 Å². The third-order valence-corrected chi connectivity index (χ3v) is 2.12. The number of primary amides is 1. The molecule has 0 saturated heterocycles. The zero-order valence-corrected chi connectivity index (χ0v) is 9.13. The summed E-state index contributed by atoms with van der Waals surface area (Å²) >= 11 is 0. The average Bonchev–Trinajstić information content (AvgIpc) is 2.25. The number of hydrogen-bond acceptors (Lipinski definition) is 3. The van der Waals surface area contributed by atoms with Crippen molar-refractivity contribution in [1.29, 1.82) is 0 Å². The Balaban J connectivity index is 2.45. The fourth-order valence-electron chi connectivity index (χ4n) is 1.23. The number of carbonyl (C=O) groups is 1. The SMILES string of the molecule is COc1ccc(CNCCC(N)=O)c(F)c1. The second-order valence-electron chi connectivity index (χ2n) is 3.35. The molecule has 4 nitrogen and oxygen atoms in total. The van der Waals surface area contributed by atoms with Crippen LogP contribution >= 0.6 is 0 Å². The molecule has 5 heteroatoms. The number of carbonyl (C=O) groups excluding carboxylic acids is 1. The summed E-state index contributed by atoms with van der Waals surface area (Å²) in [6.45, 7) is 0.809.